The maximum Gasteiger partial charge on any atom is 0.191 e. The molecule has 152 valence electrons. The Kier molecular flexibility index (Phi) is 7.35. The summed E-state index contributed by atoms with van der Waals surface area (Å²) in [4.78, 5) is 12.4. The van der Waals surface area contributed by atoms with E-state index >= 15 is 0 Å². The molecule has 0 unspecified atom stereocenters. The number of thioether (sulfide) groups is 1. The van der Waals surface area contributed by atoms with Gasteiger partial charge >= 0.3 is 0 Å². The molecule has 0 saturated heterocycles. The minimum atomic E-state index is -1.05. The van der Waals surface area contributed by atoms with E-state index in [1.165, 1.54) is 17.8 Å². The molecule has 0 saturated carbocycles. The van der Waals surface area contributed by atoms with Gasteiger partial charge in [-0.05, 0) is 48.9 Å². The number of methoxy groups -OCH3 is 1. The number of benzene rings is 2. The van der Waals surface area contributed by atoms with Crippen molar-refractivity contribution in [1.82, 2.24) is 14.8 Å². The summed E-state index contributed by atoms with van der Waals surface area (Å²) in [6, 6.07) is 10.3. The van der Waals surface area contributed by atoms with Crippen LogP contribution in [0.2, 0.25) is 5.02 Å². The lowest BCUT2D eigenvalue weighted by Gasteiger charge is -2.10. The fourth-order valence-corrected chi connectivity index (χ4v) is 3.64. The topological polar surface area (TPSA) is 57.0 Å². The molecular weight excluding hydrogens is 420 g/mol. The molecule has 0 radical (unpaired) electrons. The van der Waals surface area contributed by atoms with Crippen molar-refractivity contribution < 1.29 is 18.3 Å². The third-order valence-electron chi connectivity index (χ3n) is 4.12. The number of hydrogen-bond donors (Lipinski definition) is 0. The zero-order valence-electron chi connectivity index (χ0n) is 15.6. The number of ether oxygens (including phenoxy) is 1. The fraction of sp³-hybridized carbons (Fsp3) is 0.250. The maximum atomic E-state index is 13.4. The van der Waals surface area contributed by atoms with Crippen molar-refractivity contribution in [2.45, 2.75) is 18.1 Å². The smallest absolute Gasteiger partial charge is 0.191 e. The van der Waals surface area contributed by atoms with E-state index in [9.17, 15) is 13.6 Å². The second-order valence-electron chi connectivity index (χ2n) is 6.15. The van der Waals surface area contributed by atoms with Gasteiger partial charge in [-0.1, -0.05) is 23.4 Å². The van der Waals surface area contributed by atoms with Crippen molar-refractivity contribution in [2.75, 3.05) is 19.5 Å². The van der Waals surface area contributed by atoms with E-state index in [2.05, 4.69) is 10.2 Å². The van der Waals surface area contributed by atoms with E-state index in [0.29, 0.717) is 29.2 Å². The highest BCUT2D eigenvalue weighted by atomic mass is 35.5. The quantitative estimate of drug-likeness (QED) is 0.271. The summed E-state index contributed by atoms with van der Waals surface area (Å²) >= 11 is 7.15. The van der Waals surface area contributed by atoms with E-state index in [0.717, 1.165) is 24.1 Å². The van der Waals surface area contributed by atoms with Crippen molar-refractivity contribution >= 4 is 29.1 Å². The first kappa shape index (κ1) is 21.4. The van der Waals surface area contributed by atoms with Gasteiger partial charge in [-0.2, -0.15) is 0 Å². The third kappa shape index (κ3) is 5.41. The third-order valence-corrected chi connectivity index (χ3v) is 5.34. The molecule has 0 aliphatic heterocycles. The number of carbonyl (C=O) groups excluding carboxylic acids is 1. The number of aromatic nitrogens is 3. The predicted octanol–water partition coefficient (Wildman–Crippen LogP) is 4.89. The van der Waals surface area contributed by atoms with Gasteiger partial charge in [0.25, 0.3) is 0 Å². The Bertz CT molecular complexity index is 996. The Morgan fingerprint density at radius 2 is 1.90 bits per heavy atom. The minimum Gasteiger partial charge on any atom is -0.385 e. The van der Waals surface area contributed by atoms with Crippen LogP contribution in [-0.4, -0.2) is 40.0 Å². The number of rotatable bonds is 9. The van der Waals surface area contributed by atoms with Crippen LogP contribution in [0.25, 0.3) is 11.4 Å². The van der Waals surface area contributed by atoms with Gasteiger partial charge in [-0.3, -0.25) is 4.79 Å². The Morgan fingerprint density at radius 3 is 2.59 bits per heavy atom. The van der Waals surface area contributed by atoms with E-state index in [-0.39, 0.29) is 17.1 Å². The molecule has 3 rings (SSSR count). The summed E-state index contributed by atoms with van der Waals surface area (Å²) in [5, 5.41) is 9.64. The lowest BCUT2D eigenvalue weighted by Crippen LogP contribution is -2.08. The van der Waals surface area contributed by atoms with Crippen LogP contribution in [0.3, 0.4) is 0 Å². The van der Waals surface area contributed by atoms with Gasteiger partial charge in [0.2, 0.25) is 0 Å². The Labute approximate surface area is 176 Å². The highest BCUT2D eigenvalue weighted by Gasteiger charge is 2.17. The highest BCUT2D eigenvalue weighted by molar-refractivity contribution is 7.99. The van der Waals surface area contributed by atoms with Crippen LogP contribution in [0.15, 0.2) is 47.6 Å². The Balaban J connectivity index is 1.79. The first-order chi connectivity index (χ1) is 14.0. The molecule has 29 heavy (non-hydrogen) atoms. The van der Waals surface area contributed by atoms with Gasteiger partial charge in [-0.15, -0.1) is 10.2 Å². The van der Waals surface area contributed by atoms with E-state index < -0.39 is 11.6 Å². The predicted molar refractivity (Wildman–Crippen MR) is 108 cm³/mol. The average molecular weight is 438 g/mol. The largest absolute Gasteiger partial charge is 0.385 e. The molecule has 0 atom stereocenters. The molecule has 0 aliphatic rings. The van der Waals surface area contributed by atoms with Crippen molar-refractivity contribution in [1.29, 1.82) is 0 Å². The first-order valence-corrected chi connectivity index (χ1v) is 10.1. The molecule has 2 aromatic carbocycles. The SMILES string of the molecule is COCCCn1c(SCC(=O)c2ccc(F)c(F)c2)nnc1-c1ccc(Cl)cc1. The molecule has 5 nitrogen and oxygen atoms in total. The van der Waals surface area contributed by atoms with E-state index in [1.54, 1.807) is 19.2 Å². The van der Waals surface area contributed by atoms with Gasteiger partial charge in [-0.25, -0.2) is 8.78 Å². The minimum absolute atomic E-state index is 0.0219. The molecule has 0 bridgehead atoms. The van der Waals surface area contributed by atoms with Gasteiger partial charge in [0, 0.05) is 36.4 Å². The molecular formula is C20H18ClF2N3O2S. The summed E-state index contributed by atoms with van der Waals surface area (Å²) in [6.07, 6.45) is 0.736. The average Bonchev–Trinajstić information content (AvgIpc) is 3.12. The van der Waals surface area contributed by atoms with Crippen molar-refractivity contribution in [3.8, 4) is 11.4 Å². The normalized spacial score (nSPS) is 11.0. The molecule has 1 heterocycles. The molecule has 0 spiro atoms. The first-order valence-electron chi connectivity index (χ1n) is 8.78. The highest BCUT2D eigenvalue weighted by Crippen LogP contribution is 2.26. The summed E-state index contributed by atoms with van der Waals surface area (Å²) < 4.78 is 33.5. The zero-order chi connectivity index (χ0) is 20.8. The van der Waals surface area contributed by atoms with Crippen molar-refractivity contribution in [2.24, 2.45) is 0 Å². The summed E-state index contributed by atoms with van der Waals surface area (Å²) in [5.74, 6) is -1.68. The standard InChI is InChI=1S/C20H18ClF2N3O2S/c1-28-10-2-9-26-19(13-3-6-15(21)7-4-13)24-25-20(26)29-12-18(27)14-5-8-16(22)17(23)11-14/h3-8,11H,2,9-10,12H2,1H3. The number of nitrogens with zero attached hydrogens (tertiary/aromatic N) is 3. The number of Topliss-reactive ketones (excluding diaryl/α,β-unsaturated/α-hetero) is 1. The maximum absolute atomic E-state index is 13.4. The Morgan fingerprint density at radius 1 is 1.14 bits per heavy atom. The van der Waals surface area contributed by atoms with Crippen LogP contribution < -0.4 is 0 Å². The second kappa shape index (κ2) is 9.96. The van der Waals surface area contributed by atoms with E-state index in [1.807, 2.05) is 16.7 Å². The van der Waals surface area contributed by atoms with Gasteiger partial charge in [0.1, 0.15) is 0 Å². The number of halogens is 3. The molecule has 1 aromatic heterocycles. The van der Waals surface area contributed by atoms with Crippen molar-refractivity contribution in [3.05, 3.63) is 64.7 Å². The van der Waals surface area contributed by atoms with Gasteiger partial charge < -0.3 is 9.30 Å². The van der Waals surface area contributed by atoms with Crippen LogP contribution in [0.1, 0.15) is 16.8 Å². The monoisotopic (exact) mass is 437 g/mol. The van der Waals surface area contributed by atoms with Crippen LogP contribution >= 0.6 is 23.4 Å². The number of carbonyl (C=O) groups is 1. The van der Waals surface area contributed by atoms with Crippen LogP contribution in [0, 0.1) is 11.6 Å². The summed E-state index contributed by atoms with van der Waals surface area (Å²) in [5.41, 5.74) is 0.956. The fourth-order valence-electron chi connectivity index (χ4n) is 2.66. The van der Waals surface area contributed by atoms with Crippen LogP contribution in [0.5, 0.6) is 0 Å². The summed E-state index contributed by atoms with van der Waals surface area (Å²) in [7, 11) is 1.63. The summed E-state index contributed by atoms with van der Waals surface area (Å²) in [6.45, 7) is 1.16. The van der Waals surface area contributed by atoms with E-state index in [4.69, 9.17) is 16.3 Å². The molecule has 0 fully saturated rings. The van der Waals surface area contributed by atoms with Crippen molar-refractivity contribution in [3.63, 3.8) is 0 Å². The van der Waals surface area contributed by atoms with Crippen LogP contribution in [0.4, 0.5) is 8.78 Å². The lowest BCUT2D eigenvalue weighted by atomic mass is 10.1. The van der Waals surface area contributed by atoms with Crippen LogP contribution in [-0.2, 0) is 11.3 Å². The number of hydrogen-bond acceptors (Lipinski definition) is 5. The Hall–Kier alpha value is -2.29. The lowest BCUT2D eigenvalue weighted by molar-refractivity contribution is 0.102. The molecule has 9 heteroatoms. The molecule has 0 aliphatic carbocycles. The molecule has 0 N–H and O–H groups in total. The zero-order valence-corrected chi connectivity index (χ0v) is 17.1. The molecule has 0 amide bonds. The molecule has 3 aromatic rings. The number of ketones is 1. The second-order valence-corrected chi connectivity index (χ2v) is 7.53. The van der Waals surface area contributed by atoms with Gasteiger partial charge in [0.05, 0.1) is 5.75 Å². The van der Waals surface area contributed by atoms with Gasteiger partial charge in [0.15, 0.2) is 28.4 Å².